The Balaban J connectivity index is 1.87. The number of nitrogens with two attached hydrogens (primary N) is 1. The molecule has 4 heterocycles. The highest BCUT2D eigenvalue weighted by Crippen LogP contribution is 2.43. The van der Waals surface area contributed by atoms with E-state index in [1.165, 1.54) is 29.3 Å². The Morgan fingerprint density at radius 2 is 2.13 bits per heavy atom. The minimum atomic E-state index is -4.73. The van der Waals surface area contributed by atoms with Crippen molar-refractivity contribution in [3.05, 3.63) is 51.9 Å². The monoisotopic (exact) mass is 513 g/mol. The third-order valence-electron chi connectivity index (χ3n) is 4.13. The quantitative estimate of drug-likeness (QED) is 0.413. The molecule has 0 saturated heterocycles. The number of carbonyl (C=O) groups is 2. The average Bonchev–Trinajstić information content (AvgIpc) is 3.41. The number of fused-ring (bicyclic) bond motifs is 1. The molecule has 0 aromatic carbocycles. The highest BCUT2D eigenvalue weighted by molar-refractivity contribution is 9.10. The van der Waals surface area contributed by atoms with E-state index in [9.17, 15) is 22.8 Å². The minimum absolute atomic E-state index is 0.0169. The van der Waals surface area contributed by atoms with Gasteiger partial charge in [0.25, 0.3) is 5.91 Å². The number of carbonyl (C=O) groups excluding carboxylic acids is 2. The molecule has 0 bridgehead atoms. The Kier molecular flexibility index (Phi) is 5.31. The Labute approximate surface area is 184 Å². The van der Waals surface area contributed by atoms with Crippen LogP contribution in [0.25, 0.3) is 21.5 Å². The summed E-state index contributed by atoms with van der Waals surface area (Å²) in [5.74, 6) is -1.37. The molecule has 2 amide bonds. The van der Waals surface area contributed by atoms with Crippen molar-refractivity contribution in [3.63, 3.8) is 0 Å². The summed E-state index contributed by atoms with van der Waals surface area (Å²) in [6.45, 7) is -0.203. The van der Waals surface area contributed by atoms with Crippen LogP contribution in [0.3, 0.4) is 0 Å². The Hall–Kier alpha value is -3.19. The molecule has 3 N–H and O–H groups in total. The number of primary amides is 1. The first kappa shape index (κ1) is 21.1. The van der Waals surface area contributed by atoms with Gasteiger partial charge in [0.05, 0.1) is 22.6 Å². The van der Waals surface area contributed by atoms with Gasteiger partial charge in [-0.25, -0.2) is 4.98 Å². The lowest BCUT2D eigenvalue weighted by molar-refractivity contribution is -0.140. The number of aromatic nitrogens is 3. The van der Waals surface area contributed by atoms with Gasteiger partial charge >= 0.3 is 6.18 Å². The van der Waals surface area contributed by atoms with Crippen molar-refractivity contribution in [2.45, 2.75) is 12.7 Å². The number of amides is 2. The van der Waals surface area contributed by atoms with Crippen LogP contribution in [0.1, 0.15) is 15.4 Å². The van der Waals surface area contributed by atoms with Crippen molar-refractivity contribution in [1.29, 1.82) is 0 Å². The summed E-state index contributed by atoms with van der Waals surface area (Å²) >= 11 is 3.87. The molecular weight excluding hydrogens is 503 g/mol. The number of nitrogens with zero attached hydrogens (tertiary/aromatic N) is 3. The summed E-state index contributed by atoms with van der Waals surface area (Å²) in [6, 6.07) is 3.77. The number of halogens is 4. The van der Waals surface area contributed by atoms with Crippen molar-refractivity contribution in [2.75, 3.05) is 5.32 Å². The summed E-state index contributed by atoms with van der Waals surface area (Å²) in [6.07, 6.45) is -0.390. The molecule has 160 valence electrons. The SMILES string of the molecule is NC(=O)c1sc2nc(C(F)(F)F)cc(-c3ccco3)c2c1NC(=O)Cn1cc(Br)cn1. The topological polar surface area (TPSA) is 116 Å². The van der Waals surface area contributed by atoms with Crippen LogP contribution in [-0.2, 0) is 17.5 Å². The maximum Gasteiger partial charge on any atom is 0.433 e. The van der Waals surface area contributed by atoms with E-state index >= 15 is 0 Å². The van der Waals surface area contributed by atoms with E-state index in [0.29, 0.717) is 15.8 Å². The molecule has 0 aliphatic carbocycles. The number of furan rings is 1. The van der Waals surface area contributed by atoms with Crippen LogP contribution in [-0.4, -0.2) is 26.6 Å². The van der Waals surface area contributed by atoms with Gasteiger partial charge in [-0.05, 0) is 34.1 Å². The lowest BCUT2D eigenvalue weighted by Crippen LogP contribution is -2.21. The lowest BCUT2D eigenvalue weighted by Gasteiger charge is -2.11. The maximum absolute atomic E-state index is 13.4. The number of anilines is 1. The molecule has 0 fully saturated rings. The van der Waals surface area contributed by atoms with E-state index in [-0.39, 0.29) is 38.6 Å². The predicted octanol–water partition coefficient (Wildman–Crippen LogP) is 4.27. The second-order valence-corrected chi connectivity index (χ2v) is 8.20. The van der Waals surface area contributed by atoms with Gasteiger partial charge in [0.1, 0.15) is 27.7 Å². The molecule has 0 atom stereocenters. The lowest BCUT2D eigenvalue weighted by atomic mass is 10.1. The number of nitrogens with one attached hydrogen (secondary N) is 1. The van der Waals surface area contributed by atoms with Crippen LogP contribution in [0.4, 0.5) is 18.9 Å². The Morgan fingerprint density at radius 3 is 2.71 bits per heavy atom. The van der Waals surface area contributed by atoms with Crippen molar-refractivity contribution in [3.8, 4) is 11.3 Å². The smallest absolute Gasteiger partial charge is 0.433 e. The third kappa shape index (κ3) is 4.18. The average molecular weight is 514 g/mol. The van der Waals surface area contributed by atoms with E-state index in [1.807, 2.05) is 0 Å². The van der Waals surface area contributed by atoms with Crippen LogP contribution >= 0.6 is 27.3 Å². The zero-order valence-electron chi connectivity index (χ0n) is 15.2. The van der Waals surface area contributed by atoms with E-state index in [2.05, 4.69) is 31.3 Å². The summed E-state index contributed by atoms with van der Waals surface area (Å²) < 4.78 is 47.5. The number of alkyl halides is 3. The molecule has 13 heteroatoms. The molecule has 0 saturated carbocycles. The highest BCUT2D eigenvalue weighted by Gasteiger charge is 2.35. The van der Waals surface area contributed by atoms with Gasteiger partial charge < -0.3 is 15.5 Å². The van der Waals surface area contributed by atoms with Gasteiger partial charge in [0.15, 0.2) is 0 Å². The summed E-state index contributed by atoms with van der Waals surface area (Å²) in [5, 5.41) is 6.66. The number of pyridine rings is 1. The molecule has 4 rings (SSSR count). The second kappa shape index (κ2) is 7.81. The van der Waals surface area contributed by atoms with E-state index < -0.39 is 23.7 Å². The van der Waals surface area contributed by atoms with Crippen molar-refractivity contribution in [1.82, 2.24) is 14.8 Å². The zero-order valence-corrected chi connectivity index (χ0v) is 17.6. The molecule has 0 aliphatic rings. The first-order valence-corrected chi connectivity index (χ1v) is 10.1. The number of hydrogen-bond donors (Lipinski definition) is 2. The van der Waals surface area contributed by atoms with Crippen LogP contribution in [0.2, 0.25) is 0 Å². The first-order valence-electron chi connectivity index (χ1n) is 8.49. The fraction of sp³-hybridized carbons (Fsp3) is 0.111. The second-order valence-electron chi connectivity index (χ2n) is 6.29. The molecule has 0 radical (unpaired) electrons. The van der Waals surface area contributed by atoms with Crippen molar-refractivity contribution >= 4 is 55.0 Å². The van der Waals surface area contributed by atoms with Gasteiger partial charge in [0.2, 0.25) is 5.91 Å². The van der Waals surface area contributed by atoms with Crippen molar-refractivity contribution in [2.24, 2.45) is 5.73 Å². The minimum Gasteiger partial charge on any atom is -0.464 e. The molecular formula is C18H11BrF3N5O3S. The normalized spacial score (nSPS) is 11.7. The summed E-state index contributed by atoms with van der Waals surface area (Å²) in [5.41, 5.74) is 4.25. The molecule has 4 aromatic heterocycles. The van der Waals surface area contributed by atoms with Crippen LogP contribution < -0.4 is 11.1 Å². The third-order valence-corrected chi connectivity index (χ3v) is 5.64. The maximum atomic E-state index is 13.4. The van der Waals surface area contributed by atoms with E-state index in [4.69, 9.17) is 10.2 Å². The van der Waals surface area contributed by atoms with E-state index in [0.717, 1.165) is 6.07 Å². The highest BCUT2D eigenvalue weighted by atomic mass is 79.9. The van der Waals surface area contributed by atoms with Gasteiger partial charge in [-0.15, -0.1) is 11.3 Å². The molecule has 4 aromatic rings. The van der Waals surface area contributed by atoms with Crippen LogP contribution in [0, 0.1) is 0 Å². The van der Waals surface area contributed by atoms with Gasteiger partial charge in [0, 0.05) is 17.1 Å². The number of rotatable bonds is 5. The molecule has 0 spiro atoms. The summed E-state index contributed by atoms with van der Waals surface area (Å²) in [4.78, 5) is 28.0. The predicted molar refractivity (Wildman–Crippen MR) is 109 cm³/mol. The molecule has 31 heavy (non-hydrogen) atoms. The van der Waals surface area contributed by atoms with Gasteiger partial charge in [-0.2, -0.15) is 18.3 Å². The molecule has 0 aliphatic heterocycles. The van der Waals surface area contributed by atoms with Crippen LogP contribution in [0.15, 0.2) is 45.7 Å². The van der Waals surface area contributed by atoms with E-state index in [1.54, 1.807) is 6.20 Å². The van der Waals surface area contributed by atoms with Crippen molar-refractivity contribution < 1.29 is 27.2 Å². The largest absolute Gasteiger partial charge is 0.464 e. The fourth-order valence-electron chi connectivity index (χ4n) is 2.91. The standard InChI is InChI=1S/C18H11BrF3N5O3S/c19-8-5-24-27(6-8)7-12(28)26-14-13-9(10-2-1-3-30-10)4-11(18(20,21)22)25-17(13)31-15(14)16(23)29/h1-6H,7H2,(H2,23,29)(H,26,28). The Morgan fingerprint density at radius 1 is 1.35 bits per heavy atom. The first-order chi connectivity index (χ1) is 14.6. The molecule has 0 unspecified atom stereocenters. The molecule has 8 nitrogen and oxygen atoms in total. The van der Waals surface area contributed by atoms with Gasteiger partial charge in [-0.1, -0.05) is 0 Å². The van der Waals surface area contributed by atoms with Gasteiger partial charge in [-0.3, -0.25) is 14.3 Å². The number of hydrogen-bond acceptors (Lipinski definition) is 6. The summed E-state index contributed by atoms with van der Waals surface area (Å²) in [7, 11) is 0. The zero-order chi connectivity index (χ0) is 22.3. The Bertz CT molecular complexity index is 1300. The van der Waals surface area contributed by atoms with Crippen LogP contribution in [0.5, 0.6) is 0 Å². The fourth-order valence-corrected chi connectivity index (χ4v) is 4.25. The number of thiophene rings is 1.